The minimum absolute atomic E-state index is 0.155. The van der Waals surface area contributed by atoms with Gasteiger partial charge < -0.3 is 9.80 Å². The molecule has 0 spiro atoms. The van der Waals surface area contributed by atoms with Gasteiger partial charge in [-0.1, -0.05) is 36.1 Å². The summed E-state index contributed by atoms with van der Waals surface area (Å²) in [6.07, 6.45) is 20.1. The molecular formula is C36H48N4O2S. The van der Waals surface area contributed by atoms with Crippen LogP contribution in [0, 0.1) is 23.7 Å². The first-order valence-electron chi connectivity index (χ1n) is 17.7. The van der Waals surface area contributed by atoms with Gasteiger partial charge in [0.1, 0.15) is 0 Å². The summed E-state index contributed by atoms with van der Waals surface area (Å²) in [5, 5.41) is 0. The van der Waals surface area contributed by atoms with Crippen molar-refractivity contribution in [3.05, 3.63) is 45.2 Å². The van der Waals surface area contributed by atoms with E-state index in [0.717, 1.165) is 73.7 Å². The van der Waals surface area contributed by atoms with Gasteiger partial charge in [-0.3, -0.25) is 19.4 Å². The third-order valence-corrected chi connectivity index (χ3v) is 13.9. The Balaban J connectivity index is 0.946. The first kappa shape index (κ1) is 27.4. The highest BCUT2D eigenvalue weighted by atomic mass is 32.1. The Kier molecular flexibility index (Phi) is 6.90. The highest BCUT2D eigenvalue weighted by Crippen LogP contribution is 2.47. The number of rotatable bonds is 2. The fourth-order valence-corrected chi connectivity index (χ4v) is 12.2. The predicted octanol–water partition coefficient (Wildman–Crippen LogP) is 5.82. The van der Waals surface area contributed by atoms with E-state index in [1.807, 2.05) is 12.1 Å². The van der Waals surface area contributed by atoms with Crippen molar-refractivity contribution < 1.29 is 9.59 Å². The highest BCUT2D eigenvalue weighted by molar-refractivity contribution is 7.15. The number of thiophene rings is 1. The second-order valence-corrected chi connectivity index (χ2v) is 16.3. The Morgan fingerprint density at radius 3 is 1.60 bits per heavy atom. The summed E-state index contributed by atoms with van der Waals surface area (Å²) in [5.41, 5.74) is 3.07. The molecule has 2 aliphatic carbocycles. The lowest BCUT2D eigenvalue weighted by Crippen LogP contribution is -2.60. The van der Waals surface area contributed by atoms with Gasteiger partial charge in [0.15, 0.2) is 0 Å². The summed E-state index contributed by atoms with van der Waals surface area (Å²) >= 11 is 1.46. The number of fused-ring (bicyclic) bond motifs is 12. The first-order chi connectivity index (χ1) is 21.1. The van der Waals surface area contributed by atoms with Gasteiger partial charge in [-0.15, -0.1) is 11.3 Å². The van der Waals surface area contributed by atoms with Crippen molar-refractivity contribution in [1.29, 1.82) is 0 Å². The van der Waals surface area contributed by atoms with E-state index in [9.17, 15) is 9.59 Å². The van der Waals surface area contributed by atoms with E-state index in [-0.39, 0.29) is 23.9 Å². The Morgan fingerprint density at radius 2 is 1.12 bits per heavy atom. The quantitative estimate of drug-likeness (QED) is 0.402. The summed E-state index contributed by atoms with van der Waals surface area (Å²) in [4.78, 5) is 39.8. The van der Waals surface area contributed by atoms with E-state index in [2.05, 4.69) is 31.8 Å². The molecule has 6 aliphatic heterocycles. The van der Waals surface area contributed by atoms with E-state index in [1.165, 1.54) is 86.9 Å². The molecule has 2 amide bonds. The second kappa shape index (κ2) is 10.8. The van der Waals surface area contributed by atoms with Crippen molar-refractivity contribution >= 4 is 23.2 Å². The molecule has 0 unspecified atom stereocenters. The molecule has 43 heavy (non-hydrogen) atoms. The molecule has 6 saturated heterocycles. The van der Waals surface area contributed by atoms with Crippen LogP contribution in [0.2, 0.25) is 0 Å². The summed E-state index contributed by atoms with van der Waals surface area (Å²) in [6, 6.07) is 5.87. The van der Waals surface area contributed by atoms with Crippen LogP contribution in [-0.4, -0.2) is 94.8 Å². The number of amides is 2. The zero-order chi connectivity index (χ0) is 28.7. The van der Waals surface area contributed by atoms with Crippen LogP contribution < -0.4 is 0 Å². The van der Waals surface area contributed by atoms with Gasteiger partial charge in [0.05, 0.1) is 21.8 Å². The van der Waals surface area contributed by atoms with Crippen molar-refractivity contribution in [2.45, 2.75) is 101 Å². The highest BCUT2D eigenvalue weighted by Gasteiger charge is 2.49. The summed E-state index contributed by atoms with van der Waals surface area (Å²) in [5.74, 6) is 2.76. The van der Waals surface area contributed by atoms with Crippen molar-refractivity contribution in [1.82, 2.24) is 19.6 Å². The van der Waals surface area contributed by atoms with Crippen LogP contribution in [-0.2, 0) is 0 Å². The number of carbonyl (C=O) groups is 2. The van der Waals surface area contributed by atoms with Crippen molar-refractivity contribution in [2.75, 3.05) is 39.3 Å². The number of carbonyl (C=O) groups excluding carboxylic acids is 2. The molecule has 6 fully saturated rings. The molecular weight excluding hydrogens is 552 g/mol. The normalized spacial score (nSPS) is 39.1. The third kappa shape index (κ3) is 4.53. The smallest absolute Gasteiger partial charge is 0.264 e. The molecule has 0 aromatic carbocycles. The van der Waals surface area contributed by atoms with E-state index >= 15 is 0 Å². The van der Waals surface area contributed by atoms with E-state index < -0.39 is 0 Å². The Hall–Kier alpha value is -1.96. The fraction of sp³-hybridized carbons (Fsp3) is 0.722. The van der Waals surface area contributed by atoms with Gasteiger partial charge in [0, 0.05) is 38.3 Å². The van der Waals surface area contributed by atoms with Gasteiger partial charge in [-0.2, -0.15) is 0 Å². The number of piperidine rings is 6. The van der Waals surface area contributed by atoms with Crippen LogP contribution >= 0.6 is 11.3 Å². The van der Waals surface area contributed by atoms with Crippen LogP contribution in [0.3, 0.4) is 0 Å². The van der Waals surface area contributed by atoms with Gasteiger partial charge >= 0.3 is 0 Å². The molecule has 7 heterocycles. The number of likely N-dealkylation sites (tertiary alicyclic amines) is 2. The van der Waals surface area contributed by atoms with Crippen molar-refractivity contribution in [2.24, 2.45) is 23.7 Å². The average molecular weight is 601 g/mol. The molecule has 0 radical (unpaired) electrons. The average Bonchev–Trinajstić information content (AvgIpc) is 3.54. The molecule has 6 nitrogen and oxygen atoms in total. The van der Waals surface area contributed by atoms with Crippen LogP contribution in [0.25, 0.3) is 0 Å². The number of nitrogens with zero attached hydrogens (tertiary/aromatic N) is 4. The topological polar surface area (TPSA) is 47.1 Å². The van der Waals surface area contributed by atoms with Crippen LogP contribution in [0.1, 0.15) is 96.4 Å². The lowest BCUT2D eigenvalue weighted by atomic mass is 9.68. The number of hydrogen-bond donors (Lipinski definition) is 0. The molecule has 8 aliphatic rings. The third-order valence-electron chi connectivity index (χ3n) is 12.9. The molecule has 0 saturated carbocycles. The SMILES string of the molecule is O=C(c1ccc(C(=O)N2CCCC3=C[C@H]4C[C@H](CN5CCCC[C@H]45)[C@@H]32)s1)N1CCCC2=C[C@H]3C[C@H](CN4CCCC[C@H]34)[C@@H]21. The first-order valence-corrected chi connectivity index (χ1v) is 18.5. The van der Waals surface area contributed by atoms with Crippen LogP contribution in [0.15, 0.2) is 35.4 Å². The van der Waals surface area contributed by atoms with Crippen molar-refractivity contribution in [3.63, 3.8) is 0 Å². The minimum Gasteiger partial charge on any atom is -0.331 e. The Morgan fingerprint density at radius 1 is 0.628 bits per heavy atom. The lowest BCUT2D eigenvalue weighted by molar-refractivity contribution is 0.00156. The zero-order valence-corrected chi connectivity index (χ0v) is 26.5. The summed E-state index contributed by atoms with van der Waals surface area (Å²) in [7, 11) is 0. The monoisotopic (exact) mass is 600 g/mol. The maximum absolute atomic E-state index is 14.2. The summed E-state index contributed by atoms with van der Waals surface area (Å²) < 4.78 is 0. The van der Waals surface area contributed by atoms with Crippen LogP contribution in [0.5, 0.6) is 0 Å². The molecule has 4 bridgehead atoms. The predicted molar refractivity (Wildman–Crippen MR) is 170 cm³/mol. The van der Waals surface area contributed by atoms with Gasteiger partial charge in [-0.25, -0.2) is 0 Å². The zero-order valence-electron chi connectivity index (χ0n) is 25.7. The molecule has 1 aromatic rings. The molecule has 1 aromatic heterocycles. The second-order valence-electron chi connectivity index (χ2n) is 15.2. The van der Waals surface area contributed by atoms with E-state index in [1.54, 1.807) is 0 Å². The fourth-order valence-electron chi connectivity index (χ4n) is 11.3. The minimum atomic E-state index is 0.155. The maximum Gasteiger partial charge on any atom is 0.264 e. The number of hydrogen-bond acceptors (Lipinski definition) is 5. The van der Waals surface area contributed by atoms with E-state index in [0.29, 0.717) is 23.7 Å². The Bertz CT molecular complexity index is 1250. The van der Waals surface area contributed by atoms with Crippen molar-refractivity contribution in [3.8, 4) is 0 Å². The lowest BCUT2D eigenvalue weighted by Gasteiger charge is -2.54. The van der Waals surface area contributed by atoms with Crippen LogP contribution in [0.4, 0.5) is 0 Å². The molecule has 8 atom stereocenters. The molecule has 9 rings (SSSR count). The van der Waals surface area contributed by atoms with Gasteiger partial charge in [-0.05, 0) is 113 Å². The summed E-state index contributed by atoms with van der Waals surface area (Å²) in [6.45, 7) is 6.44. The largest absolute Gasteiger partial charge is 0.331 e. The van der Waals surface area contributed by atoms with Gasteiger partial charge in [0.2, 0.25) is 0 Å². The maximum atomic E-state index is 14.2. The Labute approximate surface area is 261 Å². The molecule has 230 valence electrons. The van der Waals surface area contributed by atoms with E-state index in [4.69, 9.17) is 0 Å². The molecule has 7 heteroatoms. The molecule has 0 N–H and O–H groups in total. The standard InChI is InChI=1S/C36H48N4O2S/c41-35(39-15-5-7-23-17-25-19-27(33(23)39)21-37-13-3-1-9-29(25)37)31-11-12-32(43-31)36(42)40-16-6-8-24-18-26-20-28(34(24)40)22-38-14-4-2-10-30(26)38/h11-12,17-18,25-30,33-34H,1-10,13-16,19-22H2/t25-,26-,27+,28+,29+,30+,33+,34+/m0/s1. The van der Waals surface area contributed by atoms with Gasteiger partial charge in [0.25, 0.3) is 11.8 Å².